The summed E-state index contributed by atoms with van der Waals surface area (Å²) >= 11 is 0. The lowest BCUT2D eigenvalue weighted by atomic mass is 9.72. The molecule has 106 valence electrons. The summed E-state index contributed by atoms with van der Waals surface area (Å²) in [7, 11) is 0. The Labute approximate surface area is 113 Å². The molecule has 2 aliphatic rings. The maximum atomic E-state index is 6.43. The Morgan fingerprint density at radius 3 is 2.56 bits per heavy atom. The van der Waals surface area contributed by atoms with Crippen LogP contribution < -0.4 is 5.73 Å². The summed E-state index contributed by atoms with van der Waals surface area (Å²) < 4.78 is 0. The van der Waals surface area contributed by atoms with E-state index in [-0.39, 0.29) is 0 Å². The van der Waals surface area contributed by atoms with Gasteiger partial charge in [-0.3, -0.25) is 4.90 Å². The highest BCUT2D eigenvalue weighted by molar-refractivity contribution is 4.90. The van der Waals surface area contributed by atoms with E-state index in [0.29, 0.717) is 6.04 Å². The molecule has 0 aromatic rings. The van der Waals surface area contributed by atoms with E-state index in [0.717, 1.165) is 29.7 Å². The molecule has 1 aliphatic heterocycles. The monoisotopic (exact) mass is 252 g/mol. The summed E-state index contributed by atoms with van der Waals surface area (Å²) in [5, 5.41) is 0. The zero-order valence-corrected chi connectivity index (χ0v) is 12.7. The Morgan fingerprint density at radius 1 is 1.22 bits per heavy atom. The molecule has 2 N–H and O–H groups in total. The fourth-order valence-electron chi connectivity index (χ4n) is 4.39. The smallest absolute Gasteiger partial charge is 0.0119 e. The van der Waals surface area contributed by atoms with E-state index < -0.39 is 0 Å². The first-order valence-electron chi connectivity index (χ1n) is 7.98. The Hall–Kier alpha value is -0.0800. The molecule has 0 bridgehead atoms. The number of hydrogen-bond donors (Lipinski definition) is 1. The highest BCUT2D eigenvalue weighted by Crippen LogP contribution is 2.35. The van der Waals surface area contributed by atoms with E-state index in [1.165, 1.54) is 38.8 Å². The lowest BCUT2D eigenvalue weighted by molar-refractivity contribution is 0.0992. The molecule has 0 radical (unpaired) electrons. The lowest BCUT2D eigenvalue weighted by Crippen LogP contribution is -2.48. The summed E-state index contributed by atoms with van der Waals surface area (Å²) in [6, 6.07) is 1.24. The summed E-state index contributed by atoms with van der Waals surface area (Å²) in [5.74, 6) is 3.14. The van der Waals surface area contributed by atoms with Crippen LogP contribution in [0.5, 0.6) is 0 Å². The minimum Gasteiger partial charge on any atom is -0.327 e. The van der Waals surface area contributed by atoms with Gasteiger partial charge < -0.3 is 5.73 Å². The van der Waals surface area contributed by atoms with Gasteiger partial charge in [0.25, 0.3) is 0 Å². The van der Waals surface area contributed by atoms with Crippen LogP contribution in [-0.2, 0) is 0 Å². The first kappa shape index (κ1) is 14.3. The maximum Gasteiger partial charge on any atom is 0.0119 e. The number of rotatable bonds is 3. The predicted molar refractivity (Wildman–Crippen MR) is 78.5 cm³/mol. The highest BCUT2D eigenvalue weighted by atomic mass is 15.2. The van der Waals surface area contributed by atoms with Crippen LogP contribution in [0.15, 0.2) is 0 Å². The topological polar surface area (TPSA) is 29.3 Å². The molecule has 5 unspecified atom stereocenters. The number of nitrogens with zero attached hydrogens (tertiary/aromatic N) is 1. The zero-order valence-electron chi connectivity index (χ0n) is 12.7. The third kappa shape index (κ3) is 3.08. The summed E-state index contributed by atoms with van der Waals surface area (Å²) in [4.78, 5) is 2.74. The molecule has 5 atom stereocenters. The van der Waals surface area contributed by atoms with Gasteiger partial charge in [0.1, 0.15) is 0 Å². The molecule has 0 aromatic carbocycles. The third-order valence-electron chi connectivity index (χ3n) is 5.36. The first-order valence-corrected chi connectivity index (χ1v) is 7.98. The average Bonchev–Trinajstić information content (AvgIpc) is 2.71. The molecule has 1 heterocycles. The van der Waals surface area contributed by atoms with Gasteiger partial charge in [-0.2, -0.15) is 0 Å². The molecule has 0 aromatic heterocycles. The van der Waals surface area contributed by atoms with Crippen LogP contribution in [0, 0.1) is 23.7 Å². The van der Waals surface area contributed by atoms with Gasteiger partial charge >= 0.3 is 0 Å². The van der Waals surface area contributed by atoms with Gasteiger partial charge in [0.05, 0.1) is 0 Å². The average molecular weight is 252 g/mol. The van der Waals surface area contributed by atoms with Crippen LogP contribution in [0.25, 0.3) is 0 Å². The highest BCUT2D eigenvalue weighted by Gasteiger charge is 2.36. The van der Waals surface area contributed by atoms with Gasteiger partial charge in [-0.15, -0.1) is 0 Å². The van der Waals surface area contributed by atoms with Crippen molar-refractivity contribution >= 4 is 0 Å². The normalized spacial score (nSPS) is 42.7. The lowest BCUT2D eigenvalue weighted by Gasteiger charge is -2.41. The van der Waals surface area contributed by atoms with E-state index >= 15 is 0 Å². The largest absolute Gasteiger partial charge is 0.327 e. The minimum atomic E-state index is 0.428. The second-order valence-corrected chi connectivity index (χ2v) is 7.33. The molecule has 2 fully saturated rings. The Balaban J connectivity index is 1.95. The molecule has 1 saturated heterocycles. The van der Waals surface area contributed by atoms with Crippen LogP contribution in [0.2, 0.25) is 0 Å². The zero-order chi connectivity index (χ0) is 13.3. The Bertz CT molecular complexity index is 252. The van der Waals surface area contributed by atoms with Crippen molar-refractivity contribution in [1.82, 2.24) is 4.90 Å². The number of hydrogen-bond acceptors (Lipinski definition) is 2. The van der Waals surface area contributed by atoms with E-state index in [2.05, 4.69) is 32.6 Å². The molecular formula is C16H32N2. The quantitative estimate of drug-likeness (QED) is 0.836. The van der Waals surface area contributed by atoms with Gasteiger partial charge in [-0.25, -0.2) is 0 Å². The van der Waals surface area contributed by atoms with Crippen LogP contribution in [0.3, 0.4) is 0 Å². The summed E-state index contributed by atoms with van der Waals surface area (Å²) in [5.41, 5.74) is 6.43. The molecule has 1 aliphatic carbocycles. The SMILES string of the molecule is CC1CC(C)C(CN2CCCC2C(C)C)C(N)C1. The summed E-state index contributed by atoms with van der Waals surface area (Å²) in [6.07, 6.45) is 5.38. The van der Waals surface area contributed by atoms with Crippen molar-refractivity contribution in [3.63, 3.8) is 0 Å². The van der Waals surface area contributed by atoms with Gasteiger partial charge in [0, 0.05) is 18.6 Å². The van der Waals surface area contributed by atoms with E-state index in [4.69, 9.17) is 5.73 Å². The first-order chi connectivity index (χ1) is 8.49. The van der Waals surface area contributed by atoms with Crippen molar-refractivity contribution in [3.05, 3.63) is 0 Å². The number of likely N-dealkylation sites (tertiary alicyclic amines) is 1. The van der Waals surface area contributed by atoms with Crippen molar-refractivity contribution in [2.45, 2.75) is 65.5 Å². The Morgan fingerprint density at radius 2 is 1.94 bits per heavy atom. The van der Waals surface area contributed by atoms with Gasteiger partial charge in [-0.05, 0) is 55.9 Å². The molecule has 18 heavy (non-hydrogen) atoms. The van der Waals surface area contributed by atoms with E-state index in [9.17, 15) is 0 Å². The molecule has 2 nitrogen and oxygen atoms in total. The van der Waals surface area contributed by atoms with E-state index in [1.54, 1.807) is 0 Å². The van der Waals surface area contributed by atoms with Crippen LogP contribution >= 0.6 is 0 Å². The van der Waals surface area contributed by atoms with Gasteiger partial charge in [0.15, 0.2) is 0 Å². The van der Waals surface area contributed by atoms with Crippen molar-refractivity contribution in [2.24, 2.45) is 29.4 Å². The molecule has 0 amide bonds. The van der Waals surface area contributed by atoms with Crippen molar-refractivity contribution in [1.29, 1.82) is 0 Å². The minimum absolute atomic E-state index is 0.428. The van der Waals surface area contributed by atoms with Crippen molar-refractivity contribution in [3.8, 4) is 0 Å². The second kappa shape index (κ2) is 5.92. The molecular weight excluding hydrogens is 220 g/mol. The van der Waals surface area contributed by atoms with Crippen molar-refractivity contribution in [2.75, 3.05) is 13.1 Å². The molecule has 0 spiro atoms. The van der Waals surface area contributed by atoms with Crippen LogP contribution in [0.1, 0.15) is 53.4 Å². The maximum absolute atomic E-state index is 6.43. The predicted octanol–water partition coefficient (Wildman–Crippen LogP) is 3.12. The summed E-state index contributed by atoms with van der Waals surface area (Å²) in [6.45, 7) is 12.1. The van der Waals surface area contributed by atoms with Crippen LogP contribution in [-0.4, -0.2) is 30.1 Å². The molecule has 2 heteroatoms. The standard InChI is InChI=1S/C16H32N2/c1-11(2)16-6-5-7-18(16)10-14-13(4)8-12(3)9-15(14)17/h11-16H,5-10,17H2,1-4H3. The van der Waals surface area contributed by atoms with Crippen molar-refractivity contribution < 1.29 is 0 Å². The number of nitrogens with two attached hydrogens (primary N) is 1. The fraction of sp³-hybridized carbons (Fsp3) is 1.00. The van der Waals surface area contributed by atoms with Crippen LogP contribution in [0.4, 0.5) is 0 Å². The Kier molecular flexibility index (Phi) is 4.71. The molecule has 2 rings (SSSR count). The fourth-order valence-corrected chi connectivity index (χ4v) is 4.39. The van der Waals surface area contributed by atoms with Gasteiger partial charge in [-0.1, -0.05) is 27.7 Å². The third-order valence-corrected chi connectivity index (χ3v) is 5.36. The van der Waals surface area contributed by atoms with E-state index in [1.807, 2.05) is 0 Å². The molecule has 1 saturated carbocycles. The second-order valence-electron chi connectivity index (χ2n) is 7.33. The van der Waals surface area contributed by atoms with Gasteiger partial charge in [0.2, 0.25) is 0 Å².